The quantitative estimate of drug-likeness (QED) is 0.842. The lowest BCUT2D eigenvalue weighted by atomic mass is 10.2. The van der Waals surface area contributed by atoms with Crippen LogP contribution in [0.3, 0.4) is 0 Å². The van der Waals surface area contributed by atoms with E-state index in [0.717, 1.165) is 19.3 Å². The summed E-state index contributed by atoms with van der Waals surface area (Å²) in [7, 11) is 1.71. The predicted molar refractivity (Wildman–Crippen MR) is 61.9 cm³/mol. The normalized spacial score (nSPS) is 24.6. The van der Waals surface area contributed by atoms with Gasteiger partial charge in [-0.2, -0.15) is 0 Å². The number of aromatic amines is 1. The molecule has 1 aromatic heterocycles. The Balaban J connectivity index is 2.05. The van der Waals surface area contributed by atoms with Crippen molar-refractivity contribution in [1.29, 1.82) is 0 Å². The summed E-state index contributed by atoms with van der Waals surface area (Å²) in [5.41, 5.74) is -0.319. The Morgan fingerprint density at radius 2 is 2.44 bits per heavy atom. The summed E-state index contributed by atoms with van der Waals surface area (Å²) in [4.78, 5) is 17.7. The summed E-state index contributed by atoms with van der Waals surface area (Å²) in [5.74, 6) is 0.451. The van der Waals surface area contributed by atoms with E-state index in [0.29, 0.717) is 11.9 Å². The van der Waals surface area contributed by atoms with Crippen molar-refractivity contribution in [2.45, 2.75) is 31.4 Å². The van der Waals surface area contributed by atoms with E-state index >= 15 is 0 Å². The summed E-state index contributed by atoms with van der Waals surface area (Å²) in [6.07, 6.45) is 4.58. The fourth-order valence-electron chi connectivity index (χ4n) is 1.96. The lowest BCUT2D eigenvalue weighted by Gasteiger charge is -2.13. The van der Waals surface area contributed by atoms with Crippen LogP contribution in [0.5, 0.6) is 0 Å². The molecule has 0 spiro atoms. The van der Waals surface area contributed by atoms with Gasteiger partial charge in [-0.15, -0.1) is 0 Å². The minimum atomic E-state index is -0.319. The Morgan fingerprint density at radius 1 is 1.62 bits per heavy atom. The van der Waals surface area contributed by atoms with E-state index in [9.17, 15) is 4.79 Å². The van der Waals surface area contributed by atoms with Gasteiger partial charge < -0.3 is 15.0 Å². The minimum absolute atomic E-state index is 0.114. The van der Waals surface area contributed by atoms with Crippen LogP contribution in [0.1, 0.15) is 19.3 Å². The zero-order valence-corrected chi connectivity index (χ0v) is 9.75. The summed E-state index contributed by atoms with van der Waals surface area (Å²) in [6, 6.07) is 0.275. The molecule has 2 rings (SSSR count). The number of methoxy groups -OCH3 is 1. The molecule has 1 heterocycles. The van der Waals surface area contributed by atoms with Gasteiger partial charge in [-0.05, 0) is 19.3 Å². The molecule has 16 heavy (non-hydrogen) atoms. The zero-order valence-electron chi connectivity index (χ0n) is 9.00. The topological polar surface area (TPSA) is 67.0 Å². The summed E-state index contributed by atoms with van der Waals surface area (Å²) >= 11 is 5.84. The van der Waals surface area contributed by atoms with Gasteiger partial charge in [0.15, 0.2) is 5.82 Å². The number of ether oxygens (including phenoxy) is 1. The van der Waals surface area contributed by atoms with Crippen LogP contribution in [0.2, 0.25) is 5.02 Å². The van der Waals surface area contributed by atoms with Crippen molar-refractivity contribution in [3.63, 3.8) is 0 Å². The molecule has 88 valence electrons. The Kier molecular flexibility index (Phi) is 3.46. The third-order valence-electron chi connectivity index (χ3n) is 2.86. The van der Waals surface area contributed by atoms with E-state index in [1.54, 1.807) is 7.11 Å². The molecule has 0 amide bonds. The largest absolute Gasteiger partial charge is 0.381 e. The number of nitrogens with zero attached hydrogens (tertiary/aromatic N) is 1. The van der Waals surface area contributed by atoms with E-state index in [4.69, 9.17) is 16.3 Å². The maximum Gasteiger partial charge on any atom is 0.271 e. The van der Waals surface area contributed by atoms with Gasteiger partial charge in [-0.25, -0.2) is 4.98 Å². The monoisotopic (exact) mass is 243 g/mol. The Bertz CT molecular complexity index is 421. The van der Waals surface area contributed by atoms with E-state index in [1.165, 1.54) is 6.33 Å². The molecule has 2 N–H and O–H groups in total. The number of nitrogens with one attached hydrogen (secondary N) is 2. The lowest BCUT2D eigenvalue weighted by molar-refractivity contribution is 0.108. The average Bonchev–Trinajstić information content (AvgIpc) is 2.73. The number of anilines is 1. The SMILES string of the molecule is COC1CCC(Nc2nc[nH]c(=O)c2Cl)C1. The molecule has 1 aliphatic carbocycles. The van der Waals surface area contributed by atoms with Crippen LogP contribution in [-0.4, -0.2) is 29.2 Å². The maximum atomic E-state index is 11.2. The number of H-pyrrole nitrogens is 1. The van der Waals surface area contributed by atoms with Crippen molar-refractivity contribution in [2.75, 3.05) is 12.4 Å². The highest BCUT2D eigenvalue weighted by Crippen LogP contribution is 2.25. The molecule has 0 aliphatic heterocycles. The molecule has 1 fully saturated rings. The second-order valence-electron chi connectivity index (χ2n) is 3.91. The predicted octanol–water partition coefficient (Wildman–Crippen LogP) is 1.40. The van der Waals surface area contributed by atoms with Gasteiger partial charge in [0, 0.05) is 13.2 Å². The summed E-state index contributed by atoms with van der Waals surface area (Å²) < 4.78 is 5.27. The van der Waals surface area contributed by atoms with E-state index in [-0.39, 0.29) is 16.6 Å². The van der Waals surface area contributed by atoms with Crippen LogP contribution in [0.15, 0.2) is 11.1 Å². The number of aromatic nitrogens is 2. The van der Waals surface area contributed by atoms with Gasteiger partial charge in [-0.3, -0.25) is 4.79 Å². The van der Waals surface area contributed by atoms with Gasteiger partial charge in [0.2, 0.25) is 0 Å². The van der Waals surface area contributed by atoms with E-state index in [1.807, 2.05) is 0 Å². The van der Waals surface area contributed by atoms with Gasteiger partial charge in [-0.1, -0.05) is 11.6 Å². The molecule has 1 aromatic rings. The number of halogens is 1. The van der Waals surface area contributed by atoms with Crippen LogP contribution in [0.4, 0.5) is 5.82 Å². The highest BCUT2D eigenvalue weighted by Gasteiger charge is 2.25. The number of rotatable bonds is 3. The smallest absolute Gasteiger partial charge is 0.271 e. The molecule has 6 heteroatoms. The van der Waals surface area contributed by atoms with Crippen LogP contribution < -0.4 is 10.9 Å². The molecule has 2 atom stereocenters. The fourth-order valence-corrected chi connectivity index (χ4v) is 2.12. The first-order valence-corrected chi connectivity index (χ1v) is 5.61. The van der Waals surface area contributed by atoms with Crippen LogP contribution >= 0.6 is 11.6 Å². The first-order valence-electron chi connectivity index (χ1n) is 5.23. The van der Waals surface area contributed by atoms with Gasteiger partial charge in [0.1, 0.15) is 5.02 Å². The standard InChI is InChI=1S/C10H14ClN3O2/c1-16-7-3-2-6(4-7)14-9-8(11)10(15)13-5-12-9/h5-7H,2-4H2,1H3,(H2,12,13,14,15). The summed E-state index contributed by atoms with van der Waals surface area (Å²) in [6.45, 7) is 0. The first-order chi connectivity index (χ1) is 7.70. The molecule has 1 saturated carbocycles. The highest BCUT2D eigenvalue weighted by molar-refractivity contribution is 6.32. The van der Waals surface area contributed by atoms with Crippen molar-refractivity contribution in [1.82, 2.24) is 9.97 Å². The number of hydrogen-bond donors (Lipinski definition) is 2. The molecule has 2 unspecified atom stereocenters. The first kappa shape index (κ1) is 11.4. The van der Waals surface area contributed by atoms with Crippen LogP contribution in [0.25, 0.3) is 0 Å². The van der Waals surface area contributed by atoms with Gasteiger partial charge >= 0.3 is 0 Å². The van der Waals surface area contributed by atoms with Crippen molar-refractivity contribution in [3.05, 3.63) is 21.7 Å². The van der Waals surface area contributed by atoms with Crippen molar-refractivity contribution >= 4 is 17.4 Å². The molecular formula is C10H14ClN3O2. The third kappa shape index (κ3) is 2.36. The maximum absolute atomic E-state index is 11.2. The Labute approximate surface area is 98.2 Å². The highest BCUT2D eigenvalue weighted by atomic mass is 35.5. The zero-order chi connectivity index (χ0) is 11.5. The van der Waals surface area contributed by atoms with E-state index in [2.05, 4.69) is 15.3 Å². The molecule has 5 nitrogen and oxygen atoms in total. The van der Waals surface area contributed by atoms with Gasteiger partial charge in [0.25, 0.3) is 5.56 Å². The van der Waals surface area contributed by atoms with Crippen LogP contribution in [-0.2, 0) is 4.74 Å². The Morgan fingerprint density at radius 3 is 3.12 bits per heavy atom. The second-order valence-corrected chi connectivity index (χ2v) is 4.28. The fraction of sp³-hybridized carbons (Fsp3) is 0.600. The van der Waals surface area contributed by atoms with Crippen molar-refractivity contribution in [2.24, 2.45) is 0 Å². The minimum Gasteiger partial charge on any atom is -0.381 e. The molecule has 0 aromatic carbocycles. The number of hydrogen-bond acceptors (Lipinski definition) is 4. The van der Waals surface area contributed by atoms with E-state index < -0.39 is 0 Å². The third-order valence-corrected chi connectivity index (χ3v) is 3.21. The average molecular weight is 244 g/mol. The molecule has 0 bridgehead atoms. The van der Waals surface area contributed by atoms with Gasteiger partial charge in [0.05, 0.1) is 12.4 Å². The molecule has 1 aliphatic rings. The van der Waals surface area contributed by atoms with Crippen LogP contribution in [0, 0.1) is 0 Å². The molecule has 0 radical (unpaired) electrons. The van der Waals surface area contributed by atoms with Crippen molar-refractivity contribution < 1.29 is 4.74 Å². The molecule has 0 saturated heterocycles. The Hall–Kier alpha value is -1.07. The molecular weight excluding hydrogens is 230 g/mol. The second kappa shape index (κ2) is 4.84. The summed E-state index contributed by atoms with van der Waals surface area (Å²) in [5, 5.41) is 3.29. The van der Waals surface area contributed by atoms with Crippen molar-refractivity contribution in [3.8, 4) is 0 Å². The lowest BCUT2D eigenvalue weighted by Crippen LogP contribution is -2.20.